The third kappa shape index (κ3) is 18.0. The first-order valence-corrected chi connectivity index (χ1v) is 20.6. The number of ether oxygens (including phenoxy) is 3. The highest BCUT2D eigenvalue weighted by Crippen LogP contribution is 2.23. The van der Waals surface area contributed by atoms with Crippen LogP contribution in [0.5, 0.6) is 0 Å². The van der Waals surface area contributed by atoms with Crippen LogP contribution in [0, 0.1) is 11.3 Å². The maximum atomic E-state index is 8.86. The van der Waals surface area contributed by atoms with Crippen LogP contribution in [0.1, 0.15) is 4.88 Å². The van der Waals surface area contributed by atoms with Crippen LogP contribution in [0.2, 0.25) is 5.15 Å². The van der Waals surface area contributed by atoms with E-state index >= 15 is 0 Å². The van der Waals surface area contributed by atoms with Gasteiger partial charge in [0.25, 0.3) is 0 Å². The van der Waals surface area contributed by atoms with Gasteiger partial charge in [-0.1, -0.05) is 22.9 Å². The first-order chi connectivity index (χ1) is 28.8. The van der Waals surface area contributed by atoms with E-state index in [1.165, 1.54) is 43.1 Å². The van der Waals surface area contributed by atoms with Gasteiger partial charge >= 0.3 is 0 Å². The highest BCUT2D eigenvalue weighted by Gasteiger charge is 2.19. The largest absolute Gasteiger partial charge is 0.384 e. The van der Waals surface area contributed by atoms with Crippen molar-refractivity contribution in [1.82, 2.24) is 54.9 Å². The number of nitrogen functional groups attached to an aromatic ring is 2. The second-order valence-corrected chi connectivity index (χ2v) is 14.7. The average molecular weight is 857 g/mol. The number of hydrogen-bond donors (Lipinski definition) is 4. The second-order valence-electron chi connectivity index (χ2n) is 13.3. The van der Waals surface area contributed by atoms with E-state index in [1.54, 1.807) is 33.9 Å². The summed E-state index contributed by atoms with van der Waals surface area (Å²) in [4.78, 5) is 40.4. The number of nitrogens with one attached hydrogen (secondary N) is 2. The number of methoxy groups -OCH3 is 3. The third-order valence-corrected chi connectivity index (χ3v) is 10.3. The minimum absolute atomic E-state index is 0.373. The molecule has 0 spiro atoms. The van der Waals surface area contributed by atoms with Crippen LogP contribution in [-0.2, 0) is 14.2 Å². The lowest BCUT2D eigenvalue weighted by molar-refractivity contribution is 0.139. The Morgan fingerprint density at radius 1 is 0.678 bits per heavy atom. The van der Waals surface area contributed by atoms with Gasteiger partial charge in [0.1, 0.15) is 64.2 Å². The van der Waals surface area contributed by atoms with Crippen LogP contribution in [0.4, 0.5) is 34.2 Å². The smallest absolute Gasteiger partial charge is 0.189 e. The maximum Gasteiger partial charge on any atom is 0.189 e. The molecule has 0 bridgehead atoms. The molecular weight excluding hydrogens is 798 g/mol. The molecule has 0 atom stereocenters. The molecule has 7 rings (SSSR count). The molecule has 3 fully saturated rings. The first-order valence-electron chi connectivity index (χ1n) is 19.4. The number of thiazole rings is 1. The van der Waals surface area contributed by atoms with Crippen LogP contribution >= 0.6 is 22.9 Å². The van der Waals surface area contributed by atoms with Gasteiger partial charge < -0.3 is 46.1 Å². The third-order valence-electron chi connectivity index (χ3n) is 9.27. The van der Waals surface area contributed by atoms with Gasteiger partial charge in [-0.05, 0) is 0 Å². The van der Waals surface area contributed by atoms with Gasteiger partial charge in [-0.2, -0.15) is 5.26 Å². The highest BCUT2D eigenvalue weighted by molar-refractivity contribution is 7.16. The van der Waals surface area contributed by atoms with Gasteiger partial charge in [0.15, 0.2) is 5.13 Å². The first kappa shape index (κ1) is 47.1. The van der Waals surface area contributed by atoms with E-state index in [0.29, 0.717) is 32.6 Å². The van der Waals surface area contributed by atoms with Crippen molar-refractivity contribution in [3.05, 3.63) is 53.4 Å². The molecule has 0 aliphatic carbocycles. The van der Waals surface area contributed by atoms with Crippen molar-refractivity contribution < 1.29 is 14.2 Å². The minimum Gasteiger partial charge on any atom is -0.384 e. The van der Waals surface area contributed by atoms with Gasteiger partial charge in [-0.3, -0.25) is 14.7 Å². The number of halogens is 1. The zero-order valence-corrected chi connectivity index (χ0v) is 35.8. The van der Waals surface area contributed by atoms with Gasteiger partial charge in [-0.15, -0.1) is 0 Å². The lowest BCUT2D eigenvalue weighted by Gasteiger charge is -2.35. The number of nitrogens with two attached hydrogens (primary N) is 2. The molecule has 59 heavy (non-hydrogen) atoms. The Bertz CT molecular complexity index is 1770. The molecule has 0 amide bonds. The molecule has 3 aliphatic heterocycles. The normalized spacial score (nSPS) is 16.1. The zero-order valence-electron chi connectivity index (χ0n) is 34.2. The fraction of sp³-hybridized carbons (Fsp3) is 0.568. The number of nitrogens with zero attached hydrogens (tertiary/aromatic N) is 13. The van der Waals surface area contributed by atoms with Crippen molar-refractivity contribution in [1.29, 1.82) is 5.26 Å². The SMILES string of the molecule is COCCN1CCN(c2cc(N)ncn2)CC1.COCCN1CCN(c2cc(Nc3ncc(C#N)s3)ncn2)CC1.COCCN1CCNCC1.Nc1cc(Cl)ncn1. The molecular formula is C37H58ClN17O3S. The summed E-state index contributed by atoms with van der Waals surface area (Å²) < 4.78 is 15.2. The Balaban J connectivity index is 0.000000190. The van der Waals surface area contributed by atoms with Crippen molar-refractivity contribution in [2.24, 2.45) is 0 Å². The van der Waals surface area contributed by atoms with Crippen LogP contribution < -0.4 is 31.9 Å². The Kier molecular flexibility index (Phi) is 21.7. The van der Waals surface area contributed by atoms with E-state index in [2.05, 4.69) is 76.1 Å². The van der Waals surface area contributed by atoms with E-state index in [1.807, 2.05) is 12.1 Å². The van der Waals surface area contributed by atoms with Crippen LogP contribution in [0.15, 0.2) is 43.4 Å². The summed E-state index contributed by atoms with van der Waals surface area (Å²) >= 11 is 6.72. The number of hydrogen-bond acceptors (Lipinski definition) is 21. The Morgan fingerprint density at radius 3 is 1.63 bits per heavy atom. The molecule has 20 nitrogen and oxygen atoms in total. The molecule has 0 aromatic carbocycles. The van der Waals surface area contributed by atoms with Crippen molar-refractivity contribution in [2.75, 3.05) is 166 Å². The van der Waals surface area contributed by atoms with E-state index in [-0.39, 0.29) is 0 Å². The molecule has 0 unspecified atom stereocenters. The minimum atomic E-state index is 0.373. The number of nitriles is 1. The zero-order chi connectivity index (χ0) is 42.1. The van der Waals surface area contributed by atoms with Gasteiger partial charge in [0, 0.05) is 138 Å². The fourth-order valence-electron chi connectivity index (χ4n) is 5.96. The Hall–Kier alpha value is -4.63. The standard InChI is InChI=1S/C15H19N7OS.C11H19N5O.C7H16N2O.C4H4ClN3/c1-23-7-6-21-2-4-22(5-3-21)14-8-13(18-11-19-14)20-15-17-10-12(9-16)24-15;1-17-7-6-15-2-4-16(5-3-15)11-8-10(12)13-9-14-11;1-10-7-6-9-4-2-8-3-5-9;5-3-1-4(6)8-2-7-3/h8,10-11H,2-7H2,1H3,(H,17,18,19,20);8-9H,2-7H2,1H3,(H2,12,13,14);8H,2-7H2,1H3;1-2H,(H2,6,7,8). The maximum absolute atomic E-state index is 8.86. The molecule has 322 valence electrons. The second kappa shape index (κ2) is 27.2. The van der Waals surface area contributed by atoms with Crippen molar-refractivity contribution >= 4 is 57.2 Å². The van der Waals surface area contributed by atoms with E-state index in [0.717, 1.165) is 117 Å². The number of piperazine rings is 3. The number of rotatable bonds is 13. The molecule has 6 N–H and O–H groups in total. The number of anilines is 6. The van der Waals surface area contributed by atoms with E-state index < -0.39 is 0 Å². The lowest BCUT2D eigenvalue weighted by Crippen LogP contribution is -2.47. The van der Waals surface area contributed by atoms with Crippen molar-refractivity contribution in [2.45, 2.75) is 0 Å². The fourth-order valence-corrected chi connectivity index (χ4v) is 6.74. The summed E-state index contributed by atoms with van der Waals surface area (Å²) in [6.07, 6.45) is 5.93. The lowest BCUT2D eigenvalue weighted by atomic mass is 10.3. The summed E-state index contributed by atoms with van der Waals surface area (Å²) in [5.74, 6) is 3.42. The van der Waals surface area contributed by atoms with E-state index in [4.69, 9.17) is 42.5 Å². The van der Waals surface area contributed by atoms with Crippen molar-refractivity contribution in [3.8, 4) is 6.07 Å². The summed E-state index contributed by atoms with van der Waals surface area (Å²) in [6, 6.07) is 7.30. The van der Waals surface area contributed by atoms with E-state index in [9.17, 15) is 0 Å². The molecule has 4 aromatic rings. The van der Waals surface area contributed by atoms with Crippen LogP contribution in [-0.4, -0.2) is 189 Å². The van der Waals surface area contributed by atoms with Gasteiger partial charge in [0.2, 0.25) is 0 Å². The summed E-state index contributed by atoms with van der Waals surface area (Å²) in [6.45, 7) is 17.9. The Labute approximate surface area is 355 Å². The molecule has 0 radical (unpaired) electrons. The molecule has 22 heteroatoms. The summed E-state index contributed by atoms with van der Waals surface area (Å²) in [7, 11) is 5.22. The van der Waals surface area contributed by atoms with Gasteiger partial charge in [-0.25, -0.2) is 34.9 Å². The predicted octanol–water partition coefficient (Wildman–Crippen LogP) is 1.39. The van der Waals surface area contributed by atoms with Crippen LogP contribution in [0.3, 0.4) is 0 Å². The quantitative estimate of drug-likeness (QED) is 0.139. The van der Waals surface area contributed by atoms with Gasteiger partial charge in [0.05, 0.1) is 26.0 Å². The van der Waals surface area contributed by atoms with Crippen molar-refractivity contribution in [3.63, 3.8) is 0 Å². The molecule has 3 saturated heterocycles. The monoisotopic (exact) mass is 855 g/mol. The van der Waals surface area contributed by atoms with Crippen LogP contribution in [0.25, 0.3) is 0 Å². The highest BCUT2D eigenvalue weighted by atomic mass is 35.5. The molecule has 3 aliphatic rings. The summed E-state index contributed by atoms with van der Waals surface area (Å²) in [5, 5.41) is 16.3. The number of aromatic nitrogens is 7. The topological polar surface area (TPSA) is 234 Å². The predicted molar refractivity (Wildman–Crippen MR) is 232 cm³/mol. The molecule has 0 saturated carbocycles. The molecule has 7 heterocycles. The summed E-state index contributed by atoms with van der Waals surface area (Å²) in [5.41, 5.74) is 10.9. The Morgan fingerprint density at radius 2 is 1.17 bits per heavy atom. The average Bonchev–Trinajstić information content (AvgIpc) is 3.73. The molecule has 4 aromatic heterocycles.